The van der Waals surface area contributed by atoms with Crippen molar-refractivity contribution in [1.29, 1.82) is 5.26 Å². The third kappa shape index (κ3) is 3.99. The monoisotopic (exact) mass is 349 g/mol. The van der Waals surface area contributed by atoms with E-state index >= 15 is 0 Å². The summed E-state index contributed by atoms with van der Waals surface area (Å²) in [7, 11) is 1.35. The van der Waals surface area contributed by atoms with Gasteiger partial charge in [-0.2, -0.15) is 5.26 Å². The quantitative estimate of drug-likeness (QED) is 0.677. The molecule has 2 unspecified atom stereocenters. The Morgan fingerprint density at radius 3 is 2.12 bits per heavy atom. The smallest absolute Gasteiger partial charge is 0.327 e. The molecule has 2 aliphatic carbocycles. The van der Waals surface area contributed by atoms with Crippen molar-refractivity contribution in [3.8, 4) is 6.07 Å². The molecule has 2 fully saturated rings. The highest BCUT2D eigenvalue weighted by Crippen LogP contribution is 2.50. The van der Waals surface area contributed by atoms with Crippen molar-refractivity contribution in [3.05, 3.63) is 0 Å². The zero-order valence-corrected chi connectivity index (χ0v) is 15.6. The molecule has 2 atom stereocenters. The first-order chi connectivity index (χ1) is 12.1. The SMILES string of the molecule is CCOC(=O)C(C#N)(C1CCCCC1)C(C(=O)OC)C1CCCCC1. The van der Waals surface area contributed by atoms with Crippen LogP contribution in [0.4, 0.5) is 0 Å². The molecule has 0 bridgehead atoms. The molecule has 0 radical (unpaired) electrons. The maximum absolute atomic E-state index is 13.0. The Kier molecular flexibility index (Phi) is 7.28. The highest BCUT2D eigenvalue weighted by molar-refractivity contribution is 5.88. The van der Waals surface area contributed by atoms with Gasteiger partial charge in [0.15, 0.2) is 5.41 Å². The molecule has 0 aromatic rings. The van der Waals surface area contributed by atoms with Gasteiger partial charge in [-0.05, 0) is 44.4 Å². The summed E-state index contributed by atoms with van der Waals surface area (Å²) in [5.74, 6) is -1.77. The zero-order valence-electron chi connectivity index (χ0n) is 15.6. The van der Waals surface area contributed by atoms with Crippen molar-refractivity contribution in [1.82, 2.24) is 0 Å². The predicted octanol–water partition coefficient (Wildman–Crippen LogP) is 4.01. The van der Waals surface area contributed by atoms with Crippen molar-refractivity contribution < 1.29 is 19.1 Å². The maximum atomic E-state index is 13.0. The summed E-state index contributed by atoms with van der Waals surface area (Å²) in [6.45, 7) is 1.96. The van der Waals surface area contributed by atoms with E-state index in [1.807, 2.05) is 0 Å². The van der Waals surface area contributed by atoms with E-state index < -0.39 is 23.3 Å². The van der Waals surface area contributed by atoms with Crippen molar-refractivity contribution in [2.75, 3.05) is 13.7 Å². The Balaban J connectivity index is 2.48. The minimum atomic E-state index is -1.41. The van der Waals surface area contributed by atoms with E-state index in [2.05, 4.69) is 6.07 Å². The molecule has 25 heavy (non-hydrogen) atoms. The molecule has 0 aromatic carbocycles. The van der Waals surface area contributed by atoms with Gasteiger partial charge in [0.05, 0.1) is 25.7 Å². The Hall–Kier alpha value is -1.57. The van der Waals surface area contributed by atoms with Gasteiger partial charge in [-0.1, -0.05) is 38.5 Å². The van der Waals surface area contributed by atoms with Gasteiger partial charge in [0.25, 0.3) is 0 Å². The number of carbonyl (C=O) groups is 2. The third-order valence-electron chi connectivity index (χ3n) is 6.11. The lowest BCUT2D eigenvalue weighted by Crippen LogP contribution is -2.52. The molecule has 2 saturated carbocycles. The topological polar surface area (TPSA) is 76.4 Å². The van der Waals surface area contributed by atoms with Gasteiger partial charge in [-0.25, -0.2) is 0 Å². The fourth-order valence-electron chi connectivity index (χ4n) is 4.91. The van der Waals surface area contributed by atoms with Gasteiger partial charge in [-0.15, -0.1) is 0 Å². The summed E-state index contributed by atoms with van der Waals surface area (Å²) < 4.78 is 10.4. The van der Waals surface area contributed by atoms with Gasteiger partial charge in [0, 0.05) is 0 Å². The van der Waals surface area contributed by atoms with E-state index in [1.165, 1.54) is 7.11 Å². The van der Waals surface area contributed by atoms with Crippen LogP contribution in [0.5, 0.6) is 0 Å². The zero-order chi connectivity index (χ0) is 18.3. The molecule has 0 amide bonds. The molecule has 0 aromatic heterocycles. The van der Waals surface area contributed by atoms with Crippen LogP contribution < -0.4 is 0 Å². The van der Waals surface area contributed by atoms with Crippen molar-refractivity contribution in [2.24, 2.45) is 23.2 Å². The van der Waals surface area contributed by atoms with Gasteiger partial charge in [0.1, 0.15) is 0 Å². The number of rotatable bonds is 6. The number of ether oxygens (including phenoxy) is 2. The highest BCUT2D eigenvalue weighted by atomic mass is 16.5. The largest absolute Gasteiger partial charge is 0.469 e. The van der Waals surface area contributed by atoms with Crippen molar-refractivity contribution in [3.63, 3.8) is 0 Å². The minimum absolute atomic E-state index is 0.0205. The van der Waals surface area contributed by atoms with E-state index in [1.54, 1.807) is 6.92 Å². The number of esters is 2. The van der Waals surface area contributed by atoms with Crippen LogP contribution in [0.1, 0.15) is 71.1 Å². The summed E-state index contributed by atoms with van der Waals surface area (Å²) in [5.41, 5.74) is -1.41. The molecule has 5 heteroatoms. The van der Waals surface area contributed by atoms with Crippen LogP contribution in [-0.4, -0.2) is 25.7 Å². The predicted molar refractivity (Wildman–Crippen MR) is 93.3 cm³/mol. The number of methoxy groups -OCH3 is 1. The van der Waals surface area contributed by atoms with Gasteiger partial charge < -0.3 is 9.47 Å². The Labute approximate surface area is 151 Å². The summed E-state index contributed by atoms with van der Waals surface area (Å²) in [5, 5.41) is 10.2. The average molecular weight is 349 g/mol. The lowest BCUT2D eigenvalue weighted by Gasteiger charge is -2.43. The Morgan fingerprint density at radius 1 is 1.08 bits per heavy atom. The van der Waals surface area contributed by atoms with Gasteiger partial charge in [-0.3, -0.25) is 9.59 Å². The number of hydrogen-bond acceptors (Lipinski definition) is 5. The van der Waals surface area contributed by atoms with E-state index in [0.29, 0.717) is 0 Å². The Morgan fingerprint density at radius 2 is 1.64 bits per heavy atom. The van der Waals surface area contributed by atoms with Crippen LogP contribution >= 0.6 is 0 Å². The molecular formula is C20H31NO4. The van der Waals surface area contributed by atoms with E-state index in [9.17, 15) is 14.9 Å². The first-order valence-corrected chi connectivity index (χ1v) is 9.78. The summed E-state index contributed by atoms with van der Waals surface area (Å²) >= 11 is 0. The minimum Gasteiger partial charge on any atom is -0.469 e. The van der Waals surface area contributed by atoms with Gasteiger partial charge in [0.2, 0.25) is 0 Å². The molecule has 0 saturated heterocycles. The van der Waals surface area contributed by atoms with Crippen LogP contribution in [-0.2, 0) is 19.1 Å². The van der Waals surface area contributed by atoms with E-state index in [-0.39, 0.29) is 18.4 Å². The van der Waals surface area contributed by atoms with Crippen molar-refractivity contribution >= 4 is 11.9 Å². The van der Waals surface area contributed by atoms with Crippen LogP contribution in [0.15, 0.2) is 0 Å². The average Bonchev–Trinajstić information content (AvgIpc) is 2.67. The normalized spacial score (nSPS) is 23.1. The number of nitriles is 1. The molecular weight excluding hydrogens is 318 g/mol. The second-order valence-electron chi connectivity index (χ2n) is 7.44. The summed E-state index contributed by atoms with van der Waals surface area (Å²) in [6, 6.07) is 2.31. The summed E-state index contributed by atoms with van der Waals surface area (Å²) in [4.78, 5) is 25.8. The molecule has 2 aliphatic rings. The van der Waals surface area contributed by atoms with E-state index in [4.69, 9.17) is 9.47 Å². The number of carbonyl (C=O) groups excluding carboxylic acids is 2. The molecule has 0 N–H and O–H groups in total. The number of hydrogen-bond donors (Lipinski definition) is 0. The lowest BCUT2D eigenvalue weighted by atomic mass is 9.58. The second kappa shape index (κ2) is 9.22. The van der Waals surface area contributed by atoms with Crippen LogP contribution in [0, 0.1) is 34.5 Å². The summed E-state index contributed by atoms with van der Waals surface area (Å²) in [6.07, 6.45) is 9.65. The fourth-order valence-corrected chi connectivity index (χ4v) is 4.91. The molecule has 5 nitrogen and oxygen atoms in total. The van der Waals surface area contributed by atoms with Crippen molar-refractivity contribution in [2.45, 2.75) is 71.1 Å². The van der Waals surface area contributed by atoms with Crippen LogP contribution in [0.3, 0.4) is 0 Å². The standard InChI is InChI=1S/C20H31NO4/c1-3-25-19(23)20(14-21,16-12-8-5-9-13-16)17(18(22)24-2)15-10-6-4-7-11-15/h15-17H,3-13H2,1-2H3. The second-order valence-corrected chi connectivity index (χ2v) is 7.44. The molecule has 2 rings (SSSR count). The molecule has 0 aliphatic heterocycles. The highest BCUT2D eigenvalue weighted by Gasteiger charge is 2.59. The third-order valence-corrected chi connectivity index (χ3v) is 6.11. The first-order valence-electron chi connectivity index (χ1n) is 9.78. The molecule has 0 heterocycles. The maximum Gasteiger partial charge on any atom is 0.327 e. The fraction of sp³-hybridized carbons (Fsp3) is 0.850. The molecule has 0 spiro atoms. The molecule has 140 valence electrons. The van der Waals surface area contributed by atoms with E-state index in [0.717, 1.165) is 64.2 Å². The Bertz CT molecular complexity index is 500. The van der Waals surface area contributed by atoms with Crippen LogP contribution in [0.2, 0.25) is 0 Å². The lowest BCUT2D eigenvalue weighted by molar-refractivity contribution is -0.172. The number of nitrogens with zero attached hydrogens (tertiary/aromatic N) is 1. The van der Waals surface area contributed by atoms with Crippen LogP contribution in [0.25, 0.3) is 0 Å². The van der Waals surface area contributed by atoms with Gasteiger partial charge >= 0.3 is 11.9 Å². The first kappa shape index (κ1) is 19.8.